The topological polar surface area (TPSA) is 200 Å². The van der Waals surface area contributed by atoms with Crippen molar-refractivity contribution in [1.82, 2.24) is 29.8 Å². The molecule has 1 aromatic carbocycles. The zero-order chi connectivity index (χ0) is 49.7. The molecule has 0 aromatic heterocycles. The minimum absolute atomic E-state index is 0.00176. The van der Waals surface area contributed by atoms with Crippen molar-refractivity contribution in [2.45, 2.75) is 129 Å². The molecule has 8 unspecified atom stereocenters. The van der Waals surface area contributed by atoms with Crippen molar-refractivity contribution in [2.75, 3.05) is 81.4 Å². The molecule has 0 saturated carbocycles. The first kappa shape index (κ1) is 56.1. The maximum Gasteiger partial charge on any atom is 0.410 e. The monoisotopic (exact) mass is 950 g/mol. The molecule has 1 aromatic rings. The van der Waals surface area contributed by atoms with E-state index in [1.165, 1.54) is 7.11 Å². The standard InChI is InChI=1S/C47H80N7O11P/c1-15-32(4)41(51(11)44(58)40(31(2)3)49-45(50(9)10)52-24-26-53(27-25-52)46(59)65-47(6,7)8)36(62-12)29-38(55)54-23-19-22-35(54)42(64-14)33(5)43(57)48-37(28-34-20-17-16-18-21-34)66(60,61)30-39(56)63-13/h16-18,20-21,31-33,35-37,40-42H,15,19,22-30H2,1-14H3,(H,48,57)(H,60,61)/t32?,33?,35-,36?,37?,40?,41?,42?/m0/s1. The molecule has 2 N–H and O–H groups in total. The van der Waals surface area contributed by atoms with Crippen molar-refractivity contribution >= 4 is 43.1 Å². The summed E-state index contributed by atoms with van der Waals surface area (Å²) in [5.41, 5.74) is 0.0898. The molecule has 66 heavy (non-hydrogen) atoms. The van der Waals surface area contributed by atoms with Crippen LogP contribution in [-0.2, 0) is 49.1 Å². The average Bonchev–Trinajstić information content (AvgIpc) is 3.75. The van der Waals surface area contributed by atoms with Crippen LogP contribution in [0, 0.1) is 17.8 Å². The lowest BCUT2D eigenvalue weighted by atomic mass is 9.89. The van der Waals surface area contributed by atoms with Gasteiger partial charge in [0.25, 0.3) is 0 Å². The van der Waals surface area contributed by atoms with Gasteiger partial charge in [0.05, 0.1) is 43.7 Å². The van der Waals surface area contributed by atoms with Crippen molar-refractivity contribution in [2.24, 2.45) is 22.7 Å². The molecule has 19 heteroatoms. The molecule has 2 aliphatic heterocycles. The first-order chi connectivity index (χ1) is 30.9. The average molecular weight is 950 g/mol. The van der Waals surface area contributed by atoms with E-state index in [0.29, 0.717) is 63.5 Å². The van der Waals surface area contributed by atoms with E-state index in [2.05, 4.69) is 15.0 Å². The zero-order valence-corrected chi connectivity index (χ0v) is 42.9. The van der Waals surface area contributed by atoms with Gasteiger partial charge in [-0.15, -0.1) is 0 Å². The summed E-state index contributed by atoms with van der Waals surface area (Å²) in [6.07, 6.45) is -0.730. The summed E-state index contributed by atoms with van der Waals surface area (Å²) < 4.78 is 35.9. The number of carbonyl (C=O) groups excluding carboxylic acids is 5. The summed E-state index contributed by atoms with van der Waals surface area (Å²) in [6, 6.07) is 7.14. The number of hydrogen-bond acceptors (Lipinski definition) is 11. The second-order valence-corrected chi connectivity index (χ2v) is 21.7. The number of methoxy groups -OCH3 is 3. The Morgan fingerprint density at radius 3 is 2.05 bits per heavy atom. The zero-order valence-electron chi connectivity index (χ0n) is 42.0. The van der Waals surface area contributed by atoms with Gasteiger partial charge in [0.15, 0.2) is 5.96 Å². The van der Waals surface area contributed by atoms with Gasteiger partial charge in [-0.2, -0.15) is 0 Å². The van der Waals surface area contributed by atoms with Crippen LogP contribution in [0.2, 0.25) is 0 Å². The molecule has 0 radical (unpaired) electrons. The smallest absolute Gasteiger partial charge is 0.410 e. The number of carbonyl (C=O) groups is 5. The van der Waals surface area contributed by atoms with Crippen LogP contribution in [0.5, 0.6) is 0 Å². The minimum atomic E-state index is -4.30. The highest BCUT2D eigenvalue weighted by atomic mass is 31.2. The number of amides is 4. The van der Waals surface area contributed by atoms with Gasteiger partial charge in [-0.1, -0.05) is 71.4 Å². The molecule has 2 saturated heterocycles. The molecule has 2 aliphatic rings. The fraction of sp³-hybridized carbons (Fsp3) is 0.745. The van der Waals surface area contributed by atoms with Gasteiger partial charge >= 0.3 is 12.1 Å². The Balaban J connectivity index is 1.83. The Kier molecular flexibility index (Phi) is 21.4. The van der Waals surface area contributed by atoms with E-state index < -0.39 is 73.0 Å². The Bertz CT molecular complexity index is 1840. The van der Waals surface area contributed by atoms with Crippen LogP contribution in [0.25, 0.3) is 0 Å². The van der Waals surface area contributed by atoms with E-state index >= 15 is 0 Å². The normalized spacial score (nSPS) is 20.0. The van der Waals surface area contributed by atoms with Crippen LogP contribution < -0.4 is 5.32 Å². The molecule has 0 spiro atoms. The number of hydrogen-bond donors (Lipinski definition) is 2. The molecule has 0 aliphatic carbocycles. The number of benzene rings is 1. The maximum absolute atomic E-state index is 14.7. The highest BCUT2D eigenvalue weighted by Gasteiger charge is 2.44. The fourth-order valence-corrected chi connectivity index (χ4v) is 10.4. The van der Waals surface area contributed by atoms with Crippen LogP contribution in [0.1, 0.15) is 86.6 Å². The highest BCUT2D eigenvalue weighted by Crippen LogP contribution is 2.46. The molecule has 3 rings (SSSR count). The Morgan fingerprint density at radius 1 is 0.924 bits per heavy atom. The lowest BCUT2D eigenvalue weighted by Gasteiger charge is -2.41. The molecule has 374 valence electrons. The summed E-state index contributed by atoms with van der Waals surface area (Å²) in [5.74, 6) is -3.63. The van der Waals surface area contributed by atoms with Gasteiger partial charge in [-0.25, -0.2) is 9.79 Å². The number of esters is 1. The molecule has 18 nitrogen and oxygen atoms in total. The predicted molar refractivity (Wildman–Crippen MR) is 254 cm³/mol. The third-order valence-corrected chi connectivity index (χ3v) is 14.7. The molecule has 9 atom stereocenters. The number of nitrogens with zero attached hydrogens (tertiary/aromatic N) is 6. The summed E-state index contributed by atoms with van der Waals surface area (Å²) in [4.78, 5) is 93.3. The maximum atomic E-state index is 14.7. The first-order valence-electron chi connectivity index (χ1n) is 23.2. The van der Waals surface area contributed by atoms with E-state index in [1.54, 1.807) is 60.0 Å². The van der Waals surface area contributed by atoms with Crippen LogP contribution in [-0.4, -0.2) is 188 Å². The quantitative estimate of drug-likeness (QED) is 0.0801. The Hall–Kier alpha value is -4.25. The van der Waals surface area contributed by atoms with Crippen molar-refractivity contribution in [3.8, 4) is 0 Å². The number of nitrogens with one attached hydrogen (secondary N) is 1. The molecule has 0 bridgehead atoms. The summed E-state index contributed by atoms with van der Waals surface area (Å²) >= 11 is 0. The third-order valence-electron chi connectivity index (χ3n) is 12.7. The van der Waals surface area contributed by atoms with Crippen molar-refractivity contribution in [3.05, 3.63) is 35.9 Å². The molecular weight excluding hydrogens is 870 g/mol. The van der Waals surface area contributed by atoms with E-state index in [-0.39, 0.29) is 42.6 Å². The molecule has 2 fully saturated rings. The van der Waals surface area contributed by atoms with Crippen molar-refractivity contribution in [1.29, 1.82) is 0 Å². The van der Waals surface area contributed by atoms with Gasteiger partial charge in [-0.3, -0.25) is 23.7 Å². The lowest BCUT2D eigenvalue weighted by molar-refractivity contribution is -0.146. The molecule has 4 amide bonds. The van der Waals surface area contributed by atoms with E-state index in [4.69, 9.17) is 19.2 Å². The van der Waals surface area contributed by atoms with E-state index in [1.807, 2.05) is 73.5 Å². The Morgan fingerprint density at radius 2 is 1.53 bits per heavy atom. The number of piperazine rings is 1. The van der Waals surface area contributed by atoms with Crippen LogP contribution in [0.3, 0.4) is 0 Å². The van der Waals surface area contributed by atoms with Gasteiger partial charge in [0.1, 0.15) is 23.6 Å². The number of aliphatic imine (C=N–C) groups is 1. The number of rotatable bonds is 20. The van der Waals surface area contributed by atoms with Gasteiger partial charge < -0.3 is 53.7 Å². The van der Waals surface area contributed by atoms with Crippen LogP contribution >= 0.6 is 7.37 Å². The van der Waals surface area contributed by atoms with Crippen LogP contribution in [0.15, 0.2) is 35.3 Å². The number of ether oxygens (including phenoxy) is 4. The second kappa shape index (κ2) is 25.2. The molecule has 2 heterocycles. The largest absolute Gasteiger partial charge is 0.469 e. The van der Waals surface area contributed by atoms with E-state index in [0.717, 1.165) is 7.11 Å². The fourth-order valence-electron chi connectivity index (χ4n) is 8.81. The van der Waals surface area contributed by atoms with Gasteiger partial charge in [0.2, 0.25) is 25.1 Å². The molecular formula is C47H80N7O11P. The number of likely N-dealkylation sites (tertiary alicyclic amines) is 1. The first-order valence-corrected chi connectivity index (χ1v) is 25.1. The number of guanidine groups is 1. The van der Waals surface area contributed by atoms with E-state index in [9.17, 15) is 33.4 Å². The van der Waals surface area contributed by atoms with Gasteiger partial charge in [0, 0.05) is 74.5 Å². The number of likely N-dealkylation sites (N-methyl/N-ethyl adjacent to an activating group) is 1. The SMILES string of the molecule is CCC(C)C(C(CC(=O)N1CCC[C@H]1C(OC)C(C)C(=O)NC(Cc1ccccc1)P(=O)(O)CC(=O)OC)OC)N(C)C(=O)C(N=C(N(C)C)N1CCN(C(=O)OC(C)(C)C)CC1)C(C)C. The van der Waals surface area contributed by atoms with Crippen molar-refractivity contribution in [3.63, 3.8) is 0 Å². The third kappa shape index (κ3) is 15.4. The van der Waals surface area contributed by atoms with Crippen molar-refractivity contribution < 1.29 is 52.4 Å². The summed E-state index contributed by atoms with van der Waals surface area (Å²) in [6.45, 7) is 17.5. The minimum Gasteiger partial charge on any atom is -0.469 e. The van der Waals surface area contributed by atoms with Crippen LogP contribution in [0.4, 0.5) is 4.79 Å². The van der Waals surface area contributed by atoms with Gasteiger partial charge in [-0.05, 0) is 51.0 Å². The lowest BCUT2D eigenvalue weighted by Crippen LogP contribution is -2.56. The summed E-state index contributed by atoms with van der Waals surface area (Å²) in [5, 5.41) is 2.75. The Labute approximate surface area is 393 Å². The predicted octanol–water partition coefficient (Wildman–Crippen LogP) is 4.53. The highest BCUT2D eigenvalue weighted by molar-refractivity contribution is 7.59. The summed E-state index contributed by atoms with van der Waals surface area (Å²) in [7, 11) is 5.36. The second-order valence-electron chi connectivity index (χ2n) is 19.3.